The van der Waals surface area contributed by atoms with Gasteiger partial charge in [-0.15, -0.1) is 11.8 Å². The quantitative estimate of drug-likeness (QED) is 0.886. The number of nitrogens with one attached hydrogen (secondary N) is 2. The number of anilines is 2. The van der Waals surface area contributed by atoms with Crippen LogP contribution in [0.4, 0.5) is 11.4 Å². The summed E-state index contributed by atoms with van der Waals surface area (Å²) in [6, 6.07) is 11.7. The third-order valence-electron chi connectivity index (χ3n) is 4.02. The number of fused-ring (bicyclic) bond motifs is 1. The van der Waals surface area contributed by atoms with Crippen LogP contribution in [0.15, 0.2) is 41.3 Å². The van der Waals surface area contributed by atoms with Crippen molar-refractivity contribution in [3.63, 3.8) is 0 Å². The third-order valence-corrected chi connectivity index (χ3v) is 5.29. The van der Waals surface area contributed by atoms with Gasteiger partial charge in [-0.3, -0.25) is 9.59 Å². The highest BCUT2D eigenvalue weighted by atomic mass is 32.2. The van der Waals surface area contributed by atoms with E-state index in [4.69, 9.17) is 0 Å². The molecule has 1 aliphatic rings. The van der Waals surface area contributed by atoms with Gasteiger partial charge in [-0.25, -0.2) is 0 Å². The lowest BCUT2D eigenvalue weighted by Gasteiger charge is -2.23. The molecule has 4 nitrogen and oxygen atoms in total. The SMILES string of the molecule is Cc1cc(C)c(NC(=O)C[C@@H]2Sc3ccccc3NC2=O)c(C)c1. The summed E-state index contributed by atoms with van der Waals surface area (Å²) in [4.78, 5) is 25.6. The summed E-state index contributed by atoms with van der Waals surface area (Å²) in [6.07, 6.45) is 0.150. The van der Waals surface area contributed by atoms with Gasteiger partial charge in [-0.05, 0) is 44.0 Å². The summed E-state index contributed by atoms with van der Waals surface area (Å²) < 4.78 is 0. The number of hydrogen-bond donors (Lipinski definition) is 2. The summed E-state index contributed by atoms with van der Waals surface area (Å²) in [5, 5.41) is 5.42. The van der Waals surface area contributed by atoms with Gasteiger partial charge < -0.3 is 10.6 Å². The van der Waals surface area contributed by atoms with Crippen molar-refractivity contribution in [3.8, 4) is 0 Å². The van der Waals surface area contributed by atoms with Gasteiger partial charge in [0.05, 0.1) is 10.9 Å². The second-order valence-electron chi connectivity index (χ2n) is 6.12. The molecular weight excluding hydrogens is 320 g/mol. The molecule has 124 valence electrons. The van der Waals surface area contributed by atoms with Crippen LogP contribution in [-0.2, 0) is 9.59 Å². The number of para-hydroxylation sites is 1. The lowest BCUT2D eigenvalue weighted by molar-refractivity contribution is -0.120. The van der Waals surface area contributed by atoms with Crippen LogP contribution >= 0.6 is 11.8 Å². The molecule has 5 heteroatoms. The van der Waals surface area contributed by atoms with Crippen molar-refractivity contribution in [2.45, 2.75) is 37.3 Å². The van der Waals surface area contributed by atoms with Gasteiger partial charge in [-0.1, -0.05) is 29.8 Å². The van der Waals surface area contributed by atoms with Crippen LogP contribution in [0.1, 0.15) is 23.1 Å². The number of aryl methyl sites for hydroxylation is 3. The van der Waals surface area contributed by atoms with E-state index in [2.05, 4.69) is 10.6 Å². The predicted octanol–water partition coefficient (Wildman–Crippen LogP) is 4.05. The van der Waals surface area contributed by atoms with Gasteiger partial charge in [0, 0.05) is 17.0 Å². The van der Waals surface area contributed by atoms with Crippen LogP contribution in [0.2, 0.25) is 0 Å². The Morgan fingerprint density at radius 1 is 1.17 bits per heavy atom. The first kappa shape index (κ1) is 16.6. The van der Waals surface area contributed by atoms with Crippen LogP contribution in [0.3, 0.4) is 0 Å². The lowest BCUT2D eigenvalue weighted by Crippen LogP contribution is -2.32. The first-order chi connectivity index (χ1) is 11.4. The van der Waals surface area contributed by atoms with E-state index in [0.717, 1.165) is 27.4 Å². The first-order valence-electron chi connectivity index (χ1n) is 7.88. The average Bonchev–Trinajstić information content (AvgIpc) is 2.51. The second kappa shape index (κ2) is 6.69. The van der Waals surface area contributed by atoms with Gasteiger partial charge in [-0.2, -0.15) is 0 Å². The summed E-state index contributed by atoms with van der Waals surface area (Å²) in [5.74, 6) is -0.261. The molecule has 1 atom stereocenters. The number of benzene rings is 2. The minimum atomic E-state index is -0.411. The van der Waals surface area contributed by atoms with Crippen LogP contribution in [-0.4, -0.2) is 17.1 Å². The standard InChI is InChI=1S/C19H20N2O2S/c1-11-8-12(2)18(13(3)9-11)21-17(22)10-16-19(23)20-14-6-4-5-7-15(14)24-16/h4-9,16H,10H2,1-3H3,(H,20,23)(H,21,22)/t16-/m0/s1. The molecule has 1 heterocycles. The molecule has 0 fully saturated rings. The molecular formula is C19H20N2O2S. The Bertz CT molecular complexity index is 794. The van der Waals surface area contributed by atoms with Crippen molar-refractivity contribution in [2.24, 2.45) is 0 Å². The molecule has 0 aromatic heterocycles. The molecule has 3 rings (SSSR count). The van der Waals surface area contributed by atoms with Gasteiger partial charge in [0.15, 0.2) is 0 Å². The van der Waals surface area contributed by atoms with E-state index >= 15 is 0 Å². The van der Waals surface area contributed by atoms with E-state index in [-0.39, 0.29) is 18.2 Å². The summed E-state index contributed by atoms with van der Waals surface area (Å²) in [5.41, 5.74) is 4.89. The van der Waals surface area contributed by atoms with Gasteiger partial charge >= 0.3 is 0 Å². The average molecular weight is 340 g/mol. The van der Waals surface area contributed by atoms with Crippen molar-refractivity contribution in [2.75, 3.05) is 10.6 Å². The van der Waals surface area contributed by atoms with Crippen molar-refractivity contribution < 1.29 is 9.59 Å². The topological polar surface area (TPSA) is 58.2 Å². The number of carbonyl (C=O) groups is 2. The first-order valence-corrected chi connectivity index (χ1v) is 8.76. The summed E-state index contributed by atoms with van der Waals surface area (Å²) >= 11 is 1.44. The molecule has 0 unspecified atom stereocenters. The Kier molecular flexibility index (Phi) is 4.62. The van der Waals surface area contributed by atoms with Crippen molar-refractivity contribution in [1.82, 2.24) is 0 Å². The molecule has 0 saturated heterocycles. The Hall–Kier alpha value is -2.27. The van der Waals surface area contributed by atoms with Crippen molar-refractivity contribution in [3.05, 3.63) is 53.1 Å². The van der Waals surface area contributed by atoms with Crippen molar-refractivity contribution in [1.29, 1.82) is 0 Å². The van der Waals surface area contributed by atoms with Gasteiger partial charge in [0.25, 0.3) is 0 Å². The number of thioether (sulfide) groups is 1. The molecule has 24 heavy (non-hydrogen) atoms. The third kappa shape index (κ3) is 3.46. The van der Waals surface area contributed by atoms with E-state index in [1.807, 2.05) is 57.2 Å². The fourth-order valence-electron chi connectivity index (χ4n) is 2.96. The molecule has 0 bridgehead atoms. The van der Waals surface area contributed by atoms with Crippen LogP contribution < -0.4 is 10.6 Å². The number of carbonyl (C=O) groups excluding carboxylic acids is 2. The monoisotopic (exact) mass is 340 g/mol. The number of amides is 2. The highest BCUT2D eigenvalue weighted by Gasteiger charge is 2.29. The largest absolute Gasteiger partial charge is 0.326 e. The van der Waals surface area contributed by atoms with E-state index in [9.17, 15) is 9.59 Å². The fourth-order valence-corrected chi connectivity index (χ4v) is 4.07. The maximum absolute atomic E-state index is 12.4. The van der Waals surface area contributed by atoms with E-state index in [1.54, 1.807) is 0 Å². The minimum Gasteiger partial charge on any atom is -0.326 e. The Morgan fingerprint density at radius 2 is 1.83 bits per heavy atom. The van der Waals surface area contributed by atoms with Gasteiger partial charge in [0.2, 0.25) is 11.8 Å². The Balaban J connectivity index is 1.71. The molecule has 2 N–H and O–H groups in total. The molecule has 0 radical (unpaired) electrons. The van der Waals surface area contributed by atoms with E-state index in [0.29, 0.717) is 0 Å². The fraction of sp³-hybridized carbons (Fsp3) is 0.263. The normalized spacial score (nSPS) is 16.3. The van der Waals surface area contributed by atoms with Crippen molar-refractivity contribution >= 4 is 35.0 Å². The molecule has 2 amide bonds. The predicted molar refractivity (Wildman–Crippen MR) is 98.6 cm³/mol. The lowest BCUT2D eigenvalue weighted by atomic mass is 10.0. The highest BCUT2D eigenvalue weighted by molar-refractivity contribution is 8.01. The highest BCUT2D eigenvalue weighted by Crippen LogP contribution is 2.36. The van der Waals surface area contributed by atoms with E-state index < -0.39 is 5.25 Å². The van der Waals surface area contributed by atoms with Crippen LogP contribution in [0.25, 0.3) is 0 Å². The maximum Gasteiger partial charge on any atom is 0.238 e. The summed E-state index contributed by atoms with van der Waals surface area (Å²) in [7, 11) is 0. The second-order valence-corrected chi connectivity index (χ2v) is 7.36. The maximum atomic E-state index is 12.4. The summed E-state index contributed by atoms with van der Waals surface area (Å²) in [6.45, 7) is 5.99. The number of hydrogen-bond acceptors (Lipinski definition) is 3. The molecule has 1 aliphatic heterocycles. The van der Waals surface area contributed by atoms with E-state index in [1.165, 1.54) is 17.3 Å². The zero-order chi connectivity index (χ0) is 17.3. The molecule has 0 spiro atoms. The Labute approximate surface area is 146 Å². The molecule has 2 aromatic rings. The smallest absolute Gasteiger partial charge is 0.238 e. The molecule has 0 saturated carbocycles. The molecule has 0 aliphatic carbocycles. The Morgan fingerprint density at radius 3 is 2.54 bits per heavy atom. The zero-order valence-corrected chi connectivity index (χ0v) is 14.8. The molecule has 2 aromatic carbocycles. The number of rotatable bonds is 3. The van der Waals surface area contributed by atoms with Gasteiger partial charge in [0.1, 0.15) is 0 Å². The van der Waals surface area contributed by atoms with Crippen LogP contribution in [0.5, 0.6) is 0 Å². The minimum absolute atomic E-state index is 0.119. The zero-order valence-electron chi connectivity index (χ0n) is 14.0. The van der Waals surface area contributed by atoms with Crippen LogP contribution in [0, 0.1) is 20.8 Å².